The molecule has 2 N–H and O–H groups in total. The van der Waals surface area contributed by atoms with E-state index in [-0.39, 0.29) is 24.5 Å². The Balaban J connectivity index is 0.770. The monoisotopic (exact) mass is 767 g/mol. The SMILES string of the molecule is CCC(=C(c1ccc(O)cc1)c1ccc(OCCN2CC(CCN3CCN(c4ccc5c(c4)C(=O)N(C4CCC(=O)NC4=O)C5=O)CC3)C2)cc1)c1ccccc1. The Labute approximate surface area is 333 Å². The van der Waals surface area contributed by atoms with Gasteiger partial charge in [-0.15, -0.1) is 0 Å². The number of carbonyl (C=O) groups excluding carboxylic acids is 4. The Morgan fingerprint density at radius 2 is 1.44 bits per heavy atom. The third-order valence-corrected chi connectivity index (χ3v) is 11.8. The van der Waals surface area contributed by atoms with E-state index in [0.29, 0.717) is 23.7 Å². The number of carbonyl (C=O) groups is 4. The topological polar surface area (TPSA) is 123 Å². The number of benzene rings is 4. The molecule has 1 unspecified atom stereocenters. The molecule has 4 aromatic carbocycles. The predicted molar refractivity (Wildman–Crippen MR) is 219 cm³/mol. The Bertz CT molecular complexity index is 2160. The van der Waals surface area contributed by atoms with Gasteiger partial charge < -0.3 is 14.7 Å². The lowest BCUT2D eigenvalue weighted by Gasteiger charge is -2.41. The minimum absolute atomic E-state index is 0.101. The van der Waals surface area contributed by atoms with E-state index in [1.807, 2.05) is 24.3 Å². The van der Waals surface area contributed by atoms with Crippen LogP contribution in [0.3, 0.4) is 0 Å². The van der Waals surface area contributed by atoms with Crippen LogP contribution in [0.1, 0.15) is 70.0 Å². The number of nitrogens with one attached hydrogen (secondary N) is 1. The Kier molecular flexibility index (Phi) is 11.2. The molecule has 8 rings (SSSR count). The van der Waals surface area contributed by atoms with E-state index in [9.17, 15) is 24.3 Å². The van der Waals surface area contributed by atoms with E-state index in [0.717, 1.165) is 98.2 Å². The predicted octanol–water partition coefficient (Wildman–Crippen LogP) is 5.69. The number of anilines is 1. The van der Waals surface area contributed by atoms with Gasteiger partial charge in [-0.1, -0.05) is 61.5 Å². The zero-order chi connectivity index (χ0) is 39.5. The fourth-order valence-corrected chi connectivity index (χ4v) is 8.61. The Morgan fingerprint density at radius 3 is 2.12 bits per heavy atom. The lowest BCUT2D eigenvalue weighted by molar-refractivity contribution is -0.136. The zero-order valence-corrected chi connectivity index (χ0v) is 32.4. The van der Waals surface area contributed by atoms with Gasteiger partial charge in [0.15, 0.2) is 0 Å². The van der Waals surface area contributed by atoms with Gasteiger partial charge in [-0.3, -0.25) is 39.2 Å². The lowest BCUT2D eigenvalue weighted by Crippen LogP contribution is -2.54. The van der Waals surface area contributed by atoms with Gasteiger partial charge >= 0.3 is 0 Å². The van der Waals surface area contributed by atoms with Crippen LogP contribution in [0.25, 0.3) is 11.1 Å². The average Bonchev–Trinajstić information content (AvgIpc) is 3.46. The van der Waals surface area contributed by atoms with Crippen LogP contribution in [0.5, 0.6) is 11.5 Å². The number of piperazine rings is 1. The number of phenols is 1. The molecule has 0 aliphatic carbocycles. The molecule has 11 heteroatoms. The number of likely N-dealkylation sites (tertiary alicyclic amines) is 1. The van der Waals surface area contributed by atoms with Crippen molar-refractivity contribution < 1.29 is 29.0 Å². The molecule has 0 aromatic heterocycles. The molecule has 0 bridgehead atoms. The van der Waals surface area contributed by atoms with E-state index >= 15 is 0 Å². The molecule has 1 atom stereocenters. The largest absolute Gasteiger partial charge is 0.508 e. The molecule has 4 aliphatic rings. The summed E-state index contributed by atoms with van der Waals surface area (Å²) >= 11 is 0. The van der Waals surface area contributed by atoms with Crippen LogP contribution in [0.4, 0.5) is 5.69 Å². The molecule has 11 nitrogen and oxygen atoms in total. The molecular formula is C46H49N5O6. The highest BCUT2D eigenvalue weighted by Gasteiger charge is 2.45. The van der Waals surface area contributed by atoms with Crippen molar-refractivity contribution in [3.63, 3.8) is 0 Å². The maximum atomic E-state index is 13.3. The molecule has 3 saturated heterocycles. The number of amides is 4. The van der Waals surface area contributed by atoms with E-state index in [1.54, 1.807) is 24.3 Å². The fraction of sp³-hybridized carbons (Fsp3) is 0.348. The number of allylic oxidation sites excluding steroid dienone is 1. The maximum Gasteiger partial charge on any atom is 0.262 e. The first-order valence-corrected chi connectivity index (χ1v) is 20.1. The summed E-state index contributed by atoms with van der Waals surface area (Å²) in [6.07, 6.45) is 2.27. The molecule has 4 heterocycles. The molecule has 3 fully saturated rings. The summed E-state index contributed by atoms with van der Waals surface area (Å²) < 4.78 is 6.18. The van der Waals surface area contributed by atoms with E-state index in [2.05, 4.69) is 75.5 Å². The minimum Gasteiger partial charge on any atom is -0.508 e. The van der Waals surface area contributed by atoms with Gasteiger partial charge in [0.25, 0.3) is 11.8 Å². The molecule has 0 radical (unpaired) electrons. The zero-order valence-electron chi connectivity index (χ0n) is 32.4. The Morgan fingerprint density at radius 1 is 0.754 bits per heavy atom. The molecule has 4 aromatic rings. The molecule has 4 amide bonds. The summed E-state index contributed by atoms with van der Waals surface area (Å²) in [7, 11) is 0. The second-order valence-corrected chi connectivity index (χ2v) is 15.4. The Hall–Kier alpha value is -5.78. The quantitative estimate of drug-likeness (QED) is 0.131. The second kappa shape index (κ2) is 16.8. The third kappa shape index (κ3) is 8.22. The van der Waals surface area contributed by atoms with Crippen LogP contribution < -0.4 is 15.0 Å². The van der Waals surface area contributed by atoms with Gasteiger partial charge in [-0.2, -0.15) is 0 Å². The molecule has 57 heavy (non-hydrogen) atoms. The van der Waals surface area contributed by atoms with Crippen LogP contribution >= 0.6 is 0 Å². The van der Waals surface area contributed by atoms with Crippen LogP contribution in [-0.2, 0) is 9.59 Å². The number of aromatic hydroxyl groups is 1. The standard InChI is InChI=1S/C46H49N5O6/c1-2-38(32-6-4-3-5-7-32)43(33-8-13-36(52)14-9-33)34-10-15-37(16-11-34)57-27-26-49-29-31(30-49)20-21-48-22-24-50(25-23-48)35-12-17-39-40(28-35)46(56)51(45(39)55)41-18-19-42(53)47-44(41)54/h3-17,28,31,41,52H,2,18-27,29-30H2,1H3,(H,47,53,54). The summed E-state index contributed by atoms with van der Waals surface area (Å²) in [6.45, 7) is 10.4. The number of hydrogen-bond donors (Lipinski definition) is 2. The van der Waals surface area contributed by atoms with Crippen molar-refractivity contribution in [3.05, 3.63) is 125 Å². The van der Waals surface area contributed by atoms with Gasteiger partial charge in [-0.25, -0.2) is 0 Å². The van der Waals surface area contributed by atoms with Crippen LogP contribution in [0.15, 0.2) is 97.1 Å². The summed E-state index contributed by atoms with van der Waals surface area (Å²) in [6, 6.07) is 30.7. The number of ether oxygens (including phenoxy) is 1. The minimum atomic E-state index is -0.960. The maximum absolute atomic E-state index is 13.3. The van der Waals surface area contributed by atoms with Gasteiger partial charge in [0.1, 0.15) is 24.1 Å². The molecular weight excluding hydrogens is 719 g/mol. The van der Waals surface area contributed by atoms with Crippen molar-refractivity contribution in [1.82, 2.24) is 20.0 Å². The number of nitrogens with zero attached hydrogens (tertiary/aromatic N) is 4. The van der Waals surface area contributed by atoms with Crippen molar-refractivity contribution in [3.8, 4) is 11.5 Å². The number of rotatable bonds is 13. The van der Waals surface area contributed by atoms with Gasteiger partial charge in [-0.05, 0) is 102 Å². The fourth-order valence-electron chi connectivity index (χ4n) is 8.61. The van der Waals surface area contributed by atoms with Crippen LogP contribution in [0, 0.1) is 5.92 Å². The smallest absolute Gasteiger partial charge is 0.262 e. The van der Waals surface area contributed by atoms with Crippen LogP contribution in [0.2, 0.25) is 0 Å². The normalized spacial score (nSPS) is 19.6. The highest BCUT2D eigenvalue weighted by molar-refractivity contribution is 6.23. The van der Waals surface area contributed by atoms with Crippen molar-refractivity contribution in [2.75, 3.05) is 63.9 Å². The van der Waals surface area contributed by atoms with E-state index in [1.165, 1.54) is 11.1 Å². The summed E-state index contributed by atoms with van der Waals surface area (Å²) in [4.78, 5) is 58.6. The van der Waals surface area contributed by atoms with Crippen molar-refractivity contribution >= 4 is 40.5 Å². The highest BCUT2D eigenvalue weighted by atomic mass is 16.5. The summed E-state index contributed by atoms with van der Waals surface area (Å²) in [5, 5.41) is 12.2. The summed E-state index contributed by atoms with van der Waals surface area (Å²) in [5.74, 6) is -0.150. The first kappa shape index (κ1) is 38.1. The number of phenolic OH excluding ortho intramolecular Hbond substituents is 1. The lowest BCUT2D eigenvalue weighted by atomic mass is 9.88. The van der Waals surface area contributed by atoms with E-state index in [4.69, 9.17) is 4.74 Å². The molecule has 0 spiro atoms. The third-order valence-electron chi connectivity index (χ3n) is 11.8. The van der Waals surface area contributed by atoms with Gasteiger partial charge in [0, 0.05) is 57.9 Å². The molecule has 4 aliphatic heterocycles. The van der Waals surface area contributed by atoms with Crippen molar-refractivity contribution in [1.29, 1.82) is 0 Å². The number of hydrogen-bond acceptors (Lipinski definition) is 9. The van der Waals surface area contributed by atoms with Crippen molar-refractivity contribution in [2.24, 2.45) is 5.92 Å². The number of fused-ring (bicyclic) bond motifs is 1. The second-order valence-electron chi connectivity index (χ2n) is 15.4. The molecule has 294 valence electrons. The number of piperidine rings is 1. The first-order chi connectivity index (χ1) is 27.7. The number of imide groups is 2. The molecule has 0 saturated carbocycles. The highest BCUT2D eigenvalue weighted by Crippen LogP contribution is 2.36. The van der Waals surface area contributed by atoms with Gasteiger partial charge in [0.05, 0.1) is 11.1 Å². The van der Waals surface area contributed by atoms with Gasteiger partial charge in [0.2, 0.25) is 11.8 Å². The van der Waals surface area contributed by atoms with E-state index < -0.39 is 23.8 Å². The first-order valence-electron chi connectivity index (χ1n) is 20.1. The van der Waals surface area contributed by atoms with Crippen molar-refractivity contribution in [2.45, 2.75) is 38.6 Å². The average molecular weight is 768 g/mol. The summed E-state index contributed by atoms with van der Waals surface area (Å²) in [5.41, 5.74) is 7.29. The van der Waals surface area contributed by atoms with Crippen LogP contribution in [-0.4, -0.2) is 108 Å².